The number of benzene rings is 2. The molecule has 1 amide bonds. The number of rotatable bonds is 5. The van der Waals surface area contributed by atoms with Crippen molar-refractivity contribution in [2.45, 2.75) is 25.4 Å². The van der Waals surface area contributed by atoms with Crippen molar-refractivity contribution < 1.29 is 4.79 Å². The number of nitrogens with one attached hydrogen (secondary N) is 1. The highest BCUT2D eigenvalue weighted by Crippen LogP contribution is 2.20. The van der Waals surface area contributed by atoms with Crippen molar-refractivity contribution in [1.29, 1.82) is 0 Å². The Hall–Kier alpha value is -3.44. The van der Waals surface area contributed by atoms with Crippen molar-refractivity contribution >= 4 is 11.6 Å². The van der Waals surface area contributed by atoms with E-state index >= 15 is 0 Å². The lowest BCUT2D eigenvalue weighted by molar-refractivity contribution is 0.0904. The minimum absolute atomic E-state index is 0.0912. The number of fused-ring (bicyclic) bond motifs is 1. The quantitative estimate of drug-likeness (QED) is 0.531. The highest BCUT2D eigenvalue weighted by Gasteiger charge is 2.22. The van der Waals surface area contributed by atoms with Crippen LogP contribution in [0.2, 0.25) is 0 Å². The zero-order valence-corrected chi connectivity index (χ0v) is 17.4. The number of hydrogen-bond donors (Lipinski definition) is 1. The fraction of sp³-hybridized carbons (Fsp3) is 0.231. The number of carbonyl (C=O) groups excluding carboxylic acids is 1. The molecule has 5 nitrogen and oxygen atoms in total. The first-order chi connectivity index (χ1) is 15.2. The summed E-state index contributed by atoms with van der Waals surface area (Å²) in [7, 11) is 0. The molecule has 1 saturated heterocycles. The number of likely N-dealkylation sites (tertiary alicyclic amines) is 1. The third-order valence-corrected chi connectivity index (χ3v) is 5.96. The van der Waals surface area contributed by atoms with Crippen molar-refractivity contribution in [2.24, 2.45) is 0 Å². The lowest BCUT2D eigenvalue weighted by Crippen LogP contribution is -2.44. The first-order valence-corrected chi connectivity index (χ1v) is 10.9. The van der Waals surface area contributed by atoms with Gasteiger partial charge in [-0.05, 0) is 41.7 Å². The van der Waals surface area contributed by atoms with Crippen LogP contribution >= 0.6 is 0 Å². The van der Waals surface area contributed by atoms with E-state index in [1.807, 2.05) is 53.2 Å². The van der Waals surface area contributed by atoms with Gasteiger partial charge in [-0.15, -0.1) is 0 Å². The molecular formula is C26H26N4O. The van der Waals surface area contributed by atoms with Gasteiger partial charge < -0.3 is 9.72 Å². The summed E-state index contributed by atoms with van der Waals surface area (Å²) in [6, 6.07) is 25.0. The highest BCUT2D eigenvalue weighted by atomic mass is 16.2. The van der Waals surface area contributed by atoms with Gasteiger partial charge in [0.25, 0.3) is 5.91 Å². The summed E-state index contributed by atoms with van der Waals surface area (Å²) in [5.74, 6) is -0.0912. The monoisotopic (exact) mass is 410 g/mol. The van der Waals surface area contributed by atoms with Gasteiger partial charge in [-0.1, -0.05) is 60.7 Å². The number of imidazole rings is 1. The minimum atomic E-state index is -0.0912. The van der Waals surface area contributed by atoms with Crippen LogP contribution in [0.5, 0.6) is 0 Å². The molecule has 156 valence electrons. The number of nitrogens with zero attached hydrogens (tertiary/aromatic N) is 3. The molecular weight excluding hydrogens is 384 g/mol. The van der Waals surface area contributed by atoms with Crippen LogP contribution in [0.3, 0.4) is 0 Å². The van der Waals surface area contributed by atoms with Crippen LogP contribution in [0.4, 0.5) is 0 Å². The maximum atomic E-state index is 12.8. The molecule has 2 aromatic heterocycles. The number of hydrogen-bond acceptors (Lipinski definition) is 3. The lowest BCUT2D eigenvalue weighted by Gasteiger charge is -2.32. The topological polar surface area (TPSA) is 49.6 Å². The second-order valence-corrected chi connectivity index (χ2v) is 8.18. The van der Waals surface area contributed by atoms with Crippen LogP contribution in [0, 0.1) is 0 Å². The van der Waals surface area contributed by atoms with Gasteiger partial charge >= 0.3 is 0 Å². The Balaban J connectivity index is 1.21. The SMILES string of the molecule is O=C(NC1CCN(Cc2ccccc2)CC1)c1cn2cc(-c3ccccc3)ccc2n1. The van der Waals surface area contributed by atoms with E-state index < -0.39 is 0 Å². The van der Waals surface area contributed by atoms with Crippen LogP contribution < -0.4 is 5.32 Å². The maximum absolute atomic E-state index is 12.8. The van der Waals surface area contributed by atoms with E-state index in [4.69, 9.17) is 0 Å². The average molecular weight is 411 g/mol. The predicted octanol–water partition coefficient (Wildman–Crippen LogP) is 4.40. The Kier molecular flexibility index (Phi) is 5.50. The normalized spacial score (nSPS) is 15.2. The second kappa shape index (κ2) is 8.74. The molecule has 1 aliphatic heterocycles. The van der Waals surface area contributed by atoms with Gasteiger partial charge in [-0.25, -0.2) is 4.98 Å². The summed E-state index contributed by atoms with van der Waals surface area (Å²) in [4.78, 5) is 19.8. The van der Waals surface area contributed by atoms with E-state index in [0.29, 0.717) is 5.69 Å². The van der Waals surface area contributed by atoms with Crippen molar-refractivity contribution in [1.82, 2.24) is 19.6 Å². The van der Waals surface area contributed by atoms with E-state index in [0.717, 1.165) is 49.2 Å². The van der Waals surface area contributed by atoms with E-state index in [9.17, 15) is 4.79 Å². The van der Waals surface area contributed by atoms with Crippen LogP contribution in [0.25, 0.3) is 16.8 Å². The lowest BCUT2D eigenvalue weighted by atomic mass is 10.0. The standard InChI is InChI=1S/C26H26N4O/c31-26(27-23-13-15-29(16-14-23)17-20-7-3-1-4-8-20)24-19-30-18-22(11-12-25(30)28-24)21-9-5-2-6-10-21/h1-12,18-19,23H,13-17H2,(H,27,31). The average Bonchev–Trinajstić information content (AvgIpc) is 3.25. The van der Waals surface area contributed by atoms with E-state index in [2.05, 4.69) is 51.6 Å². The molecule has 1 fully saturated rings. The summed E-state index contributed by atoms with van der Waals surface area (Å²) < 4.78 is 1.93. The Morgan fingerprint density at radius 2 is 1.58 bits per heavy atom. The summed E-state index contributed by atoms with van der Waals surface area (Å²) >= 11 is 0. The maximum Gasteiger partial charge on any atom is 0.271 e. The zero-order valence-electron chi connectivity index (χ0n) is 17.4. The number of pyridine rings is 1. The third-order valence-electron chi connectivity index (χ3n) is 5.96. The molecule has 5 heteroatoms. The number of piperidine rings is 1. The van der Waals surface area contributed by atoms with Gasteiger partial charge in [0.05, 0.1) is 0 Å². The molecule has 0 unspecified atom stereocenters. The van der Waals surface area contributed by atoms with Crippen molar-refractivity contribution in [3.05, 3.63) is 96.4 Å². The Morgan fingerprint density at radius 3 is 2.32 bits per heavy atom. The molecule has 4 aromatic rings. The van der Waals surface area contributed by atoms with E-state index in [-0.39, 0.29) is 11.9 Å². The second-order valence-electron chi connectivity index (χ2n) is 8.18. The summed E-state index contributed by atoms with van der Waals surface area (Å²) in [6.07, 6.45) is 5.77. The molecule has 0 aliphatic carbocycles. The van der Waals surface area contributed by atoms with Gasteiger partial charge in [0, 0.05) is 38.1 Å². The molecule has 2 aromatic carbocycles. The fourth-order valence-electron chi connectivity index (χ4n) is 4.24. The number of carbonyl (C=O) groups is 1. The molecule has 0 radical (unpaired) electrons. The zero-order chi connectivity index (χ0) is 21.0. The van der Waals surface area contributed by atoms with Crippen LogP contribution in [0.1, 0.15) is 28.9 Å². The van der Waals surface area contributed by atoms with Gasteiger partial charge in [0.15, 0.2) is 0 Å². The predicted molar refractivity (Wildman–Crippen MR) is 123 cm³/mol. The molecule has 0 saturated carbocycles. The summed E-state index contributed by atoms with van der Waals surface area (Å²) in [5.41, 5.74) is 4.83. The summed E-state index contributed by atoms with van der Waals surface area (Å²) in [5, 5.41) is 3.19. The molecule has 1 N–H and O–H groups in total. The number of amides is 1. The fourth-order valence-corrected chi connectivity index (χ4v) is 4.24. The van der Waals surface area contributed by atoms with Gasteiger partial charge in [-0.3, -0.25) is 9.69 Å². The molecule has 5 rings (SSSR count). The first-order valence-electron chi connectivity index (χ1n) is 10.9. The molecule has 31 heavy (non-hydrogen) atoms. The van der Waals surface area contributed by atoms with Crippen molar-refractivity contribution in [3.8, 4) is 11.1 Å². The minimum Gasteiger partial charge on any atom is -0.348 e. The van der Waals surface area contributed by atoms with Crippen molar-refractivity contribution in [2.75, 3.05) is 13.1 Å². The van der Waals surface area contributed by atoms with Gasteiger partial charge in [0.2, 0.25) is 0 Å². The molecule has 0 spiro atoms. The molecule has 1 aliphatic rings. The Labute approximate surface area is 182 Å². The third kappa shape index (κ3) is 4.52. The van der Waals surface area contributed by atoms with E-state index in [1.54, 1.807) is 0 Å². The first kappa shape index (κ1) is 19.5. The summed E-state index contributed by atoms with van der Waals surface area (Å²) in [6.45, 7) is 2.95. The highest BCUT2D eigenvalue weighted by molar-refractivity contribution is 5.93. The molecule has 0 atom stereocenters. The number of aromatic nitrogens is 2. The molecule has 3 heterocycles. The Morgan fingerprint density at radius 1 is 0.871 bits per heavy atom. The smallest absolute Gasteiger partial charge is 0.271 e. The van der Waals surface area contributed by atoms with Gasteiger partial charge in [-0.2, -0.15) is 0 Å². The van der Waals surface area contributed by atoms with Crippen molar-refractivity contribution in [3.63, 3.8) is 0 Å². The van der Waals surface area contributed by atoms with E-state index in [1.165, 1.54) is 5.56 Å². The largest absolute Gasteiger partial charge is 0.348 e. The van der Waals surface area contributed by atoms with Crippen LogP contribution in [-0.2, 0) is 6.54 Å². The Bertz CT molecular complexity index is 1160. The molecule has 0 bridgehead atoms. The van der Waals surface area contributed by atoms with Crippen LogP contribution in [-0.4, -0.2) is 39.3 Å². The van der Waals surface area contributed by atoms with Crippen LogP contribution in [0.15, 0.2) is 85.2 Å². The van der Waals surface area contributed by atoms with Gasteiger partial charge in [0.1, 0.15) is 11.3 Å².